The highest BCUT2D eigenvalue weighted by Crippen LogP contribution is 2.24. The summed E-state index contributed by atoms with van der Waals surface area (Å²) in [5.74, 6) is 0.646. The lowest BCUT2D eigenvalue weighted by molar-refractivity contribution is 0.251. The Morgan fingerprint density at radius 3 is 2.50 bits per heavy atom. The van der Waals surface area contributed by atoms with Crippen molar-refractivity contribution < 1.29 is 17.9 Å². The molecule has 3 aromatic rings. The average Bonchev–Trinajstić information content (AvgIpc) is 2.75. The molecule has 0 saturated carbocycles. The van der Waals surface area contributed by atoms with Gasteiger partial charge in [-0.15, -0.1) is 0 Å². The third-order valence-electron chi connectivity index (χ3n) is 4.28. The van der Waals surface area contributed by atoms with Crippen molar-refractivity contribution in [2.24, 2.45) is 0 Å². The van der Waals surface area contributed by atoms with Crippen molar-refractivity contribution in [1.82, 2.24) is 10.3 Å². The number of carbonyl (C=O) groups excluding carboxylic acids is 1. The molecule has 0 aliphatic carbocycles. The fourth-order valence-electron chi connectivity index (χ4n) is 2.66. The standard InChI is InChI=1S/C21H22N4O4S/c1-15-12-18(29-2)7-10-20(15)25-30(27,28)19-8-5-17(6-9-19)24-21(26)23-14-16-4-3-11-22-13-16/h3-13,25H,14H2,1-2H3,(H2,23,24,26). The van der Waals surface area contributed by atoms with Gasteiger partial charge < -0.3 is 15.4 Å². The topological polar surface area (TPSA) is 109 Å². The highest BCUT2D eigenvalue weighted by Gasteiger charge is 2.16. The molecule has 0 atom stereocenters. The van der Waals surface area contributed by atoms with Crippen molar-refractivity contribution in [2.75, 3.05) is 17.1 Å². The molecular formula is C21H22N4O4S. The third kappa shape index (κ3) is 5.48. The number of methoxy groups -OCH3 is 1. The van der Waals surface area contributed by atoms with Crippen molar-refractivity contribution >= 4 is 27.4 Å². The summed E-state index contributed by atoms with van der Waals surface area (Å²) < 4.78 is 33.0. The highest BCUT2D eigenvalue weighted by molar-refractivity contribution is 7.92. The highest BCUT2D eigenvalue weighted by atomic mass is 32.2. The lowest BCUT2D eigenvalue weighted by atomic mass is 10.2. The van der Waals surface area contributed by atoms with Crippen LogP contribution in [0.2, 0.25) is 0 Å². The van der Waals surface area contributed by atoms with Crippen LogP contribution in [0.4, 0.5) is 16.2 Å². The first-order valence-electron chi connectivity index (χ1n) is 9.09. The lowest BCUT2D eigenvalue weighted by Crippen LogP contribution is -2.28. The number of sulfonamides is 1. The van der Waals surface area contributed by atoms with Crippen LogP contribution in [0.15, 0.2) is 71.9 Å². The Balaban J connectivity index is 1.62. The maximum Gasteiger partial charge on any atom is 0.319 e. The van der Waals surface area contributed by atoms with Gasteiger partial charge in [-0.25, -0.2) is 13.2 Å². The van der Waals surface area contributed by atoms with Crippen molar-refractivity contribution in [3.8, 4) is 5.75 Å². The molecule has 0 saturated heterocycles. The number of benzene rings is 2. The number of hydrogen-bond donors (Lipinski definition) is 3. The fourth-order valence-corrected chi connectivity index (χ4v) is 3.79. The summed E-state index contributed by atoms with van der Waals surface area (Å²) in [6.45, 7) is 2.12. The van der Waals surface area contributed by atoms with Crippen LogP contribution in [0.3, 0.4) is 0 Å². The Morgan fingerprint density at radius 2 is 1.87 bits per heavy atom. The second-order valence-electron chi connectivity index (χ2n) is 6.48. The smallest absolute Gasteiger partial charge is 0.319 e. The lowest BCUT2D eigenvalue weighted by Gasteiger charge is -2.12. The van der Waals surface area contributed by atoms with E-state index in [1.807, 2.05) is 6.07 Å². The van der Waals surface area contributed by atoms with E-state index in [2.05, 4.69) is 20.3 Å². The summed E-state index contributed by atoms with van der Waals surface area (Å²) in [6.07, 6.45) is 3.32. The van der Waals surface area contributed by atoms with Crippen molar-refractivity contribution in [2.45, 2.75) is 18.4 Å². The number of nitrogens with zero attached hydrogens (tertiary/aromatic N) is 1. The van der Waals surface area contributed by atoms with Gasteiger partial charge in [0, 0.05) is 24.6 Å². The van der Waals surface area contributed by atoms with Crippen LogP contribution in [-0.2, 0) is 16.6 Å². The predicted octanol–water partition coefficient (Wildman–Crippen LogP) is 3.52. The number of hydrogen-bond acceptors (Lipinski definition) is 5. The van der Waals surface area contributed by atoms with Gasteiger partial charge in [0.05, 0.1) is 17.7 Å². The van der Waals surface area contributed by atoms with Crippen LogP contribution in [0.5, 0.6) is 5.75 Å². The molecule has 9 heteroatoms. The minimum absolute atomic E-state index is 0.0824. The molecule has 1 aromatic heterocycles. The van der Waals surface area contributed by atoms with Crippen LogP contribution >= 0.6 is 0 Å². The van der Waals surface area contributed by atoms with Crippen LogP contribution in [0, 0.1) is 6.92 Å². The van der Waals surface area contributed by atoms with E-state index in [1.165, 1.54) is 24.3 Å². The van der Waals surface area contributed by atoms with Gasteiger partial charge in [-0.3, -0.25) is 9.71 Å². The van der Waals surface area contributed by atoms with Gasteiger partial charge in [0.1, 0.15) is 5.75 Å². The monoisotopic (exact) mass is 426 g/mol. The van der Waals surface area contributed by atoms with Gasteiger partial charge in [-0.1, -0.05) is 6.07 Å². The third-order valence-corrected chi connectivity index (χ3v) is 5.66. The van der Waals surface area contributed by atoms with Crippen molar-refractivity contribution in [1.29, 1.82) is 0 Å². The number of aryl methyl sites for hydroxylation is 1. The minimum atomic E-state index is -3.77. The first-order chi connectivity index (χ1) is 14.4. The van der Waals surface area contributed by atoms with Gasteiger partial charge in [0.2, 0.25) is 0 Å². The van der Waals surface area contributed by atoms with Gasteiger partial charge >= 0.3 is 6.03 Å². The van der Waals surface area contributed by atoms with Crippen LogP contribution in [-0.4, -0.2) is 26.5 Å². The average molecular weight is 426 g/mol. The maximum absolute atomic E-state index is 12.7. The van der Waals surface area contributed by atoms with E-state index in [1.54, 1.807) is 50.7 Å². The molecule has 8 nitrogen and oxygen atoms in total. The number of carbonyl (C=O) groups is 1. The maximum atomic E-state index is 12.7. The number of rotatable bonds is 7. The summed E-state index contributed by atoms with van der Waals surface area (Å²) in [5.41, 5.74) is 2.54. The Bertz CT molecular complexity index is 1120. The zero-order valence-electron chi connectivity index (χ0n) is 16.5. The van der Waals surface area contributed by atoms with Gasteiger partial charge in [-0.2, -0.15) is 0 Å². The molecule has 2 aromatic carbocycles. The van der Waals surface area contributed by atoms with E-state index < -0.39 is 16.1 Å². The van der Waals surface area contributed by atoms with Gasteiger partial charge in [0.25, 0.3) is 10.0 Å². The van der Waals surface area contributed by atoms with E-state index in [9.17, 15) is 13.2 Å². The van der Waals surface area contributed by atoms with E-state index in [0.717, 1.165) is 11.1 Å². The van der Waals surface area contributed by atoms with E-state index in [4.69, 9.17) is 4.74 Å². The molecule has 0 radical (unpaired) electrons. The van der Waals surface area contributed by atoms with Crippen molar-refractivity contribution in [3.63, 3.8) is 0 Å². The van der Waals surface area contributed by atoms with E-state index in [-0.39, 0.29) is 4.90 Å². The van der Waals surface area contributed by atoms with Crippen LogP contribution in [0.1, 0.15) is 11.1 Å². The zero-order chi connectivity index (χ0) is 21.6. The molecule has 2 amide bonds. The summed E-state index contributed by atoms with van der Waals surface area (Å²) >= 11 is 0. The number of pyridine rings is 1. The molecule has 1 heterocycles. The summed E-state index contributed by atoms with van der Waals surface area (Å²) in [7, 11) is -2.22. The second-order valence-corrected chi connectivity index (χ2v) is 8.16. The normalized spacial score (nSPS) is 10.9. The molecule has 0 spiro atoms. The molecule has 156 valence electrons. The molecule has 0 aliphatic rings. The fraction of sp³-hybridized carbons (Fsp3) is 0.143. The number of anilines is 2. The predicted molar refractivity (Wildman–Crippen MR) is 115 cm³/mol. The van der Waals surface area contributed by atoms with Crippen LogP contribution < -0.4 is 20.1 Å². The molecular weight excluding hydrogens is 404 g/mol. The molecule has 3 N–H and O–H groups in total. The number of urea groups is 1. The van der Waals surface area contributed by atoms with E-state index in [0.29, 0.717) is 23.7 Å². The quantitative estimate of drug-likeness (QED) is 0.536. The summed E-state index contributed by atoms with van der Waals surface area (Å²) in [6, 6.07) is 14.2. The van der Waals surface area contributed by atoms with E-state index >= 15 is 0 Å². The number of aromatic nitrogens is 1. The molecule has 0 aliphatic heterocycles. The number of ether oxygens (including phenoxy) is 1. The molecule has 0 fully saturated rings. The minimum Gasteiger partial charge on any atom is -0.497 e. The van der Waals surface area contributed by atoms with Gasteiger partial charge in [-0.05, 0) is 66.6 Å². The summed E-state index contributed by atoms with van der Waals surface area (Å²) in [5, 5.41) is 5.37. The Morgan fingerprint density at radius 1 is 1.10 bits per heavy atom. The molecule has 0 bridgehead atoms. The molecule has 3 rings (SSSR count). The molecule has 0 unspecified atom stereocenters. The Kier molecular flexibility index (Phi) is 6.53. The number of amides is 2. The Hall–Kier alpha value is -3.59. The largest absolute Gasteiger partial charge is 0.497 e. The summed E-state index contributed by atoms with van der Waals surface area (Å²) in [4.78, 5) is 16.1. The SMILES string of the molecule is COc1ccc(NS(=O)(=O)c2ccc(NC(=O)NCc3cccnc3)cc2)c(C)c1. The molecule has 30 heavy (non-hydrogen) atoms. The second kappa shape index (κ2) is 9.27. The number of nitrogens with one attached hydrogen (secondary N) is 3. The first-order valence-corrected chi connectivity index (χ1v) is 10.6. The van der Waals surface area contributed by atoms with Crippen molar-refractivity contribution in [3.05, 3.63) is 78.1 Å². The van der Waals surface area contributed by atoms with Crippen LogP contribution in [0.25, 0.3) is 0 Å². The Labute approximate surface area is 175 Å². The first kappa shape index (κ1) is 21.1. The zero-order valence-corrected chi connectivity index (χ0v) is 17.4. The van der Waals surface area contributed by atoms with Gasteiger partial charge in [0.15, 0.2) is 0 Å².